The van der Waals surface area contributed by atoms with Crippen molar-refractivity contribution in [3.05, 3.63) is 46.7 Å². The van der Waals surface area contributed by atoms with E-state index in [4.69, 9.17) is 0 Å². The van der Waals surface area contributed by atoms with Crippen molar-refractivity contribution in [2.75, 3.05) is 20.7 Å². The Morgan fingerprint density at radius 2 is 1.78 bits per heavy atom. The van der Waals surface area contributed by atoms with E-state index in [-0.39, 0.29) is 12.7 Å². The van der Waals surface area contributed by atoms with Gasteiger partial charge in [0, 0.05) is 20.3 Å². The molecule has 0 heterocycles. The molecule has 1 rings (SSSR count). The zero-order valence-electron chi connectivity index (χ0n) is 12.5. The van der Waals surface area contributed by atoms with Crippen LogP contribution in [-0.2, 0) is 9.53 Å². The lowest BCUT2D eigenvalue weighted by Crippen LogP contribution is -2.28. The molecule has 0 aliphatic carbocycles. The fraction of sp³-hybridized carbons (Fsp3) is 0.286. The first-order chi connectivity index (χ1) is 10.7. The van der Waals surface area contributed by atoms with Crippen LogP contribution in [0.5, 0.6) is 0 Å². The van der Waals surface area contributed by atoms with Crippen molar-refractivity contribution in [2.24, 2.45) is 0 Å². The average molecular weight is 334 g/mol. The first kappa shape index (κ1) is 18.6. The number of rotatable bonds is 6. The quantitative estimate of drug-likeness (QED) is 0.0992. The Balaban J connectivity index is 3.35. The third-order valence-electron chi connectivity index (χ3n) is 2.55. The lowest BCUT2D eigenvalue weighted by atomic mass is 10.0. The number of esters is 1. The topological polar surface area (TPSA) is 58.6 Å². The number of nitrogens with zero attached hydrogens (tertiary/aromatic N) is 1. The van der Waals surface area contributed by atoms with Crippen molar-refractivity contribution in [1.29, 1.82) is 0 Å². The minimum absolute atomic E-state index is 0.0833. The van der Waals surface area contributed by atoms with Gasteiger partial charge in [-0.15, -0.1) is 0 Å². The number of halogens is 4. The van der Waals surface area contributed by atoms with Crippen LogP contribution in [0.2, 0.25) is 0 Å². The fourth-order valence-corrected chi connectivity index (χ4v) is 1.50. The maximum absolute atomic E-state index is 13.7. The van der Waals surface area contributed by atoms with Gasteiger partial charge < -0.3 is 10.2 Å². The molecule has 0 radical (unpaired) electrons. The molecule has 1 aromatic rings. The first-order valence-corrected chi connectivity index (χ1v) is 6.39. The minimum Gasteiger partial charge on any atom is -0.462 e. The van der Waals surface area contributed by atoms with Gasteiger partial charge in [-0.1, -0.05) is 0 Å². The van der Waals surface area contributed by atoms with Gasteiger partial charge in [0.1, 0.15) is 5.57 Å². The number of nitrogens with one attached hydrogen (secondary N) is 1. The Labute approximate surface area is 129 Å². The average Bonchev–Trinajstić information content (AvgIpc) is 2.48. The zero-order chi connectivity index (χ0) is 17.7. The summed E-state index contributed by atoms with van der Waals surface area (Å²) in [6.07, 6.45) is 0.888. The Hall–Kier alpha value is -2.42. The minimum atomic E-state index is -2.14. The molecule has 0 saturated heterocycles. The summed E-state index contributed by atoms with van der Waals surface area (Å²) in [5, 5.41) is 1.34. The summed E-state index contributed by atoms with van der Waals surface area (Å²) in [5.74, 6) is -10.3. The second-order valence-corrected chi connectivity index (χ2v) is 4.48. The molecular weight excluding hydrogens is 320 g/mol. The highest BCUT2D eigenvalue weighted by molar-refractivity contribution is 6.24. The molecule has 0 aliphatic rings. The van der Waals surface area contributed by atoms with Crippen LogP contribution >= 0.6 is 0 Å². The molecule has 1 N–H and O–H groups in total. The van der Waals surface area contributed by atoms with E-state index in [2.05, 4.69) is 10.2 Å². The monoisotopic (exact) mass is 334 g/mol. The highest BCUT2D eigenvalue weighted by atomic mass is 19.2. The number of carbonyl (C=O) groups is 2. The van der Waals surface area contributed by atoms with Crippen LogP contribution < -0.4 is 5.43 Å². The lowest BCUT2D eigenvalue weighted by molar-refractivity contribution is -0.138. The maximum Gasteiger partial charge on any atom is 0.343 e. The third kappa shape index (κ3) is 4.28. The molecule has 0 amide bonds. The number of benzene rings is 1. The van der Waals surface area contributed by atoms with Crippen LogP contribution in [0.4, 0.5) is 17.6 Å². The molecule has 0 aliphatic heterocycles. The predicted molar refractivity (Wildman–Crippen MR) is 72.1 cm³/mol. The van der Waals surface area contributed by atoms with E-state index >= 15 is 0 Å². The molecule has 0 spiro atoms. The van der Waals surface area contributed by atoms with Gasteiger partial charge >= 0.3 is 5.97 Å². The summed E-state index contributed by atoms with van der Waals surface area (Å²) < 4.78 is 57.7. The zero-order valence-corrected chi connectivity index (χ0v) is 12.5. The van der Waals surface area contributed by atoms with Gasteiger partial charge in [-0.05, 0) is 13.0 Å². The number of Topliss-reactive ketones (excluding diaryl/α,β-unsaturated/α-hetero) is 1. The van der Waals surface area contributed by atoms with E-state index in [9.17, 15) is 27.2 Å². The molecule has 0 atom stereocenters. The van der Waals surface area contributed by atoms with Crippen molar-refractivity contribution in [3.63, 3.8) is 0 Å². The van der Waals surface area contributed by atoms with Crippen LogP contribution in [0.15, 0.2) is 17.8 Å². The summed E-state index contributed by atoms with van der Waals surface area (Å²) >= 11 is 0. The van der Waals surface area contributed by atoms with E-state index in [0.717, 1.165) is 6.20 Å². The molecule has 0 aromatic heterocycles. The van der Waals surface area contributed by atoms with E-state index < -0.39 is 46.2 Å². The standard InChI is InChI=1S/C14H14F4N2O3/c1-4-23-14(22)8(6-19-20(2)3)13(21)7-5-9(15)11(17)12(18)10(7)16/h5-6,19H,4H2,1-3H3. The Bertz CT molecular complexity index is 660. The van der Waals surface area contributed by atoms with Gasteiger partial charge in [0.15, 0.2) is 23.3 Å². The highest BCUT2D eigenvalue weighted by Crippen LogP contribution is 2.21. The molecule has 1 aromatic carbocycles. The Morgan fingerprint density at radius 1 is 1.17 bits per heavy atom. The van der Waals surface area contributed by atoms with Gasteiger partial charge in [-0.25, -0.2) is 27.4 Å². The van der Waals surface area contributed by atoms with E-state index in [1.807, 2.05) is 0 Å². The van der Waals surface area contributed by atoms with Crippen LogP contribution in [0.25, 0.3) is 0 Å². The summed E-state index contributed by atoms with van der Waals surface area (Å²) in [5.41, 5.74) is 0.634. The molecule has 0 unspecified atom stereocenters. The lowest BCUT2D eigenvalue weighted by Gasteiger charge is -2.12. The number of hydrazine groups is 1. The second kappa shape index (κ2) is 7.73. The Kier molecular flexibility index (Phi) is 6.26. The molecule has 0 fully saturated rings. The SMILES string of the molecule is CCOC(=O)C(=CNN(C)C)C(=O)c1cc(F)c(F)c(F)c1F. The molecule has 126 valence electrons. The number of ketones is 1. The largest absolute Gasteiger partial charge is 0.462 e. The smallest absolute Gasteiger partial charge is 0.343 e. The number of hydrogen-bond donors (Lipinski definition) is 1. The first-order valence-electron chi connectivity index (χ1n) is 6.39. The van der Waals surface area contributed by atoms with Crippen LogP contribution in [0.1, 0.15) is 17.3 Å². The van der Waals surface area contributed by atoms with E-state index in [1.54, 1.807) is 0 Å². The van der Waals surface area contributed by atoms with Gasteiger partial charge in [0.05, 0.1) is 12.2 Å². The molecule has 0 saturated carbocycles. The molecule has 0 bridgehead atoms. The highest BCUT2D eigenvalue weighted by Gasteiger charge is 2.28. The predicted octanol–water partition coefficient (Wildman–Crippen LogP) is 1.94. The number of ether oxygens (including phenoxy) is 1. The van der Waals surface area contributed by atoms with Crippen molar-refractivity contribution in [2.45, 2.75) is 6.92 Å². The fourth-order valence-electron chi connectivity index (χ4n) is 1.50. The van der Waals surface area contributed by atoms with Crippen LogP contribution in [0.3, 0.4) is 0 Å². The molecular formula is C14H14F4N2O3. The maximum atomic E-state index is 13.7. The van der Waals surface area contributed by atoms with Gasteiger partial charge in [-0.3, -0.25) is 4.79 Å². The third-order valence-corrected chi connectivity index (χ3v) is 2.55. The summed E-state index contributed by atoms with van der Waals surface area (Å²) in [7, 11) is 3.06. The summed E-state index contributed by atoms with van der Waals surface area (Å²) in [6, 6.07) is 0.179. The van der Waals surface area contributed by atoms with Gasteiger partial charge in [0.25, 0.3) is 0 Å². The molecule has 5 nitrogen and oxygen atoms in total. The number of hydrogen-bond acceptors (Lipinski definition) is 5. The van der Waals surface area contributed by atoms with Crippen molar-refractivity contribution < 1.29 is 31.9 Å². The van der Waals surface area contributed by atoms with Crippen molar-refractivity contribution in [3.8, 4) is 0 Å². The van der Waals surface area contributed by atoms with E-state index in [0.29, 0.717) is 0 Å². The summed E-state index contributed by atoms with van der Waals surface area (Å²) in [4.78, 5) is 24.0. The van der Waals surface area contributed by atoms with Gasteiger partial charge in [0.2, 0.25) is 5.78 Å². The molecule has 9 heteroatoms. The summed E-state index contributed by atoms with van der Waals surface area (Å²) in [6.45, 7) is 1.39. The Morgan fingerprint density at radius 3 is 2.30 bits per heavy atom. The van der Waals surface area contributed by atoms with Crippen molar-refractivity contribution >= 4 is 11.8 Å². The van der Waals surface area contributed by atoms with Crippen LogP contribution in [-0.4, -0.2) is 37.5 Å². The molecule has 23 heavy (non-hydrogen) atoms. The number of carbonyl (C=O) groups excluding carboxylic acids is 2. The second-order valence-electron chi connectivity index (χ2n) is 4.48. The van der Waals surface area contributed by atoms with Crippen LogP contribution in [0, 0.1) is 23.3 Å². The van der Waals surface area contributed by atoms with Crippen molar-refractivity contribution in [1.82, 2.24) is 10.4 Å². The normalized spacial score (nSPS) is 11.6. The van der Waals surface area contributed by atoms with Gasteiger partial charge in [-0.2, -0.15) is 0 Å². The van der Waals surface area contributed by atoms with E-state index in [1.165, 1.54) is 26.0 Å².